The molecule has 0 radical (unpaired) electrons. The zero-order valence-corrected chi connectivity index (χ0v) is 12.2. The van der Waals surface area contributed by atoms with Crippen molar-refractivity contribution in [1.82, 2.24) is 5.32 Å². The Hall–Kier alpha value is -1.95. The van der Waals surface area contributed by atoms with Crippen LogP contribution < -0.4 is 5.32 Å². The second kappa shape index (κ2) is 5.81. The highest BCUT2D eigenvalue weighted by atomic mass is 16.6. The number of hydrogen-bond acceptors (Lipinski definition) is 6. The SMILES string of the molecule is CC(C)(OC(=O)c1cc(O)c(O)c(O)c1)C1CCNCC1. The first-order valence-electron chi connectivity index (χ1n) is 7.00. The molecular weight excluding hydrogens is 274 g/mol. The second-order valence-electron chi connectivity index (χ2n) is 5.88. The molecule has 0 saturated carbocycles. The van der Waals surface area contributed by atoms with Crippen LogP contribution in [0.15, 0.2) is 12.1 Å². The van der Waals surface area contributed by atoms with Crippen LogP contribution in [0.25, 0.3) is 0 Å². The van der Waals surface area contributed by atoms with Crippen LogP contribution >= 0.6 is 0 Å². The zero-order chi connectivity index (χ0) is 15.6. The maximum atomic E-state index is 12.2. The first-order valence-corrected chi connectivity index (χ1v) is 7.00. The lowest BCUT2D eigenvalue weighted by atomic mass is 9.83. The molecule has 1 saturated heterocycles. The quantitative estimate of drug-likeness (QED) is 0.501. The highest BCUT2D eigenvalue weighted by molar-refractivity contribution is 5.91. The lowest BCUT2D eigenvalue weighted by molar-refractivity contribution is -0.0368. The Morgan fingerprint density at radius 1 is 1.19 bits per heavy atom. The van der Waals surface area contributed by atoms with E-state index in [0.29, 0.717) is 0 Å². The van der Waals surface area contributed by atoms with E-state index in [1.54, 1.807) is 0 Å². The molecule has 1 aromatic rings. The minimum atomic E-state index is -0.649. The number of rotatable bonds is 3. The molecule has 0 aromatic heterocycles. The van der Waals surface area contributed by atoms with E-state index >= 15 is 0 Å². The molecule has 1 aliphatic rings. The molecule has 2 rings (SSSR count). The van der Waals surface area contributed by atoms with Crippen molar-refractivity contribution < 1.29 is 24.9 Å². The molecular formula is C15H21NO5. The maximum Gasteiger partial charge on any atom is 0.338 e. The average molecular weight is 295 g/mol. The van der Waals surface area contributed by atoms with Gasteiger partial charge in [-0.3, -0.25) is 0 Å². The van der Waals surface area contributed by atoms with Crippen molar-refractivity contribution in [2.24, 2.45) is 5.92 Å². The molecule has 0 aliphatic carbocycles. The molecule has 1 aromatic carbocycles. The summed E-state index contributed by atoms with van der Waals surface area (Å²) in [6.45, 7) is 5.51. The maximum absolute atomic E-state index is 12.2. The summed E-state index contributed by atoms with van der Waals surface area (Å²) in [6.07, 6.45) is 1.85. The molecule has 21 heavy (non-hydrogen) atoms. The van der Waals surface area contributed by atoms with E-state index in [-0.39, 0.29) is 11.5 Å². The van der Waals surface area contributed by atoms with E-state index in [0.717, 1.165) is 38.1 Å². The Labute approximate surface area is 123 Å². The van der Waals surface area contributed by atoms with E-state index in [2.05, 4.69) is 5.32 Å². The van der Waals surface area contributed by atoms with Crippen LogP contribution in [0.4, 0.5) is 0 Å². The molecule has 116 valence electrons. The van der Waals surface area contributed by atoms with Gasteiger partial charge in [0, 0.05) is 5.92 Å². The summed E-state index contributed by atoms with van der Waals surface area (Å²) in [5, 5.41) is 31.5. The van der Waals surface area contributed by atoms with Crippen molar-refractivity contribution in [2.75, 3.05) is 13.1 Å². The lowest BCUT2D eigenvalue weighted by Gasteiger charge is -2.36. The molecule has 4 N–H and O–H groups in total. The molecule has 1 aliphatic heterocycles. The topological polar surface area (TPSA) is 99.0 Å². The number of nitrogens with one attached hydrogen (secondary N) is 1. The largest absolute Gasteiger partial charge is 0.504 e. The number of carbonyl (C=O) groups excluding carboxylic acids is 1. The summed E-state index contributed by atoms with van der Waals surface area (Å²) in [7, 11) is 0. The number of hydrogen-bond donors (Lipinski definition) is 4. The standard InChI is InChI=1S/C15H21NO5/c1-15(2,10-3-5-16-6-4-10)21-14(20)9-7-11(17)13(19)12(18)8-9/h7-8,10,16-19H,3-6H2,1-2H3. The first-order chi connectivity index (χ1) is 9.81. The van der Waals surface area contributed by atoms with Gasteiger partial charge in [0.25, 0.3) is 0 Å². The number of phenolic OH excluding ortho intramolecular Hbond substituents is 3. The fourth-order valence-corrected chi connectivity index (χ4v) is 2.62. The average Bonchev–Trinajstić information content (AvgIpc) is 2.44. The van der Waals surface area contributed by atoms with Crippen molar-refractivity contribution in [3.8, 4) is 17.2 Å². The zero-order valence-electron chi connectivity index (χ0n) is 12.2. The van der Waals surface area contributed by atoms with Crippen LogP contribution in [-0.4, -0.2) is 40.0 Å². The number of aromatic hydroxyl groups is 3. The van der Waals surface area contributed by atoms with Gasteiger partial charge in [-0.05, 0) is 51.9 Å². The summed E-state index contributed by atoms with van der Waals surface area (Å²) < 4.78 is 5.54. The number of esters is 1. The van der Waals surface area contributed by atoms with Crippen molar-refractivity contribution in [1.29, 1.82) is 0 Å². The van der Waals surface area contributed by atoms with Crippen molar-refractivity contribution in [3.05, 3.63) is 17.7 Å². The normalized spacial score (nSPS) is 16.7. The van der Waals surface area contributed by atoms with Crippen LogP contribution in [0, 0.1) is 5.92 Å². The van der Waals surface area contributed by atoms with Crippen molar-refractivity contribution in [3.63, 3.8) is 0 Å². The summed E-state index contributed by atoms with van der Waals surface area (Å²) >= 11 is 0. The van der Waals surface area contributed by atoms with Crippen LogP contribution in [-0.2, 0) is 4.74 Å². The van der Waals surface area contributed by atoms with Gasteiger partial charge in [-0.15, -0.1) is 0 Å². The van der Waals surface area contributed by atoms with Crippen LogP contribution in [0.1, 0.15) is 37.0 Å². The number of carbonyl (C=O) groups is 1. The minimum absolute atomic E-state index is 0.00445. The molecule has 0 unspecified atom stereocenters. The molecule has 6 nitrogen and oxygen atoms in total. The summed E-state index contributed by atoms with van der Waals surface area (Å²) in [6, 6.07) is 2.16. The predicted octanol–water partition coefficient (Wildman–Crippen LogP) is 1.74. The molecule has 6 heteroatoms. The first kappa shape index (κ1) is 15.4. The number of benzene rings is 1. The summed E-state index contributed by atoms with van der Waals surface area (Å²) in [4.78, 5) is 12.2. The van der Waals surface area contributed by atoms with E-state index in [1.165, 1.54) is 0 Å². The Morgan fingerprint density at radius 3 is 2.24 bits per heavy atom. The van der Waals surface area contributed by atoms with E-state index < -0.39 is 28.8 Å². The molecule has 1 heterocycles. The Bertz CT molecular complexity index is 512. The summed E-state index contributed by atoms with van der Waals surface area (Å²) in [5.41, 5.74) is -0.632. The summed E-state index contributed by atoms with van der Waals surface area (Å²) in [5.74, 6) is -2.14. The van der Waals surface area contributed by atoms with Gasteiger partial charge in [-0.25, -0.2) is 4.79 Å². The van der Waals surface area contributed by atoms with E-state index in [9.17, 15) is 20.1 Å². The van der Waals surface area contributed by atoms with Gasteiger partial charge in [0.05, 0.1) is 5.56 Å². The van der Waals surface area contributed by atoms with Gasteiger partial charge in [0.15, 0.2) is 17.2 Å². The lowest BCUT2D eigenvalue weighted by Crippen LogP contribution is -2.42. The van der Waals surface area contributed by atoms with Gasteiger partial charge in [0.2, 0.25) is 0 Å². The number of phenols is 3. The molecule has 1 fully saturated rings. The number of ether oxygens (including phenoxy) is 1. The smallest absolute Gasteiger partial charge is 0.338 e. The second-order valence-corrected chi connectivity index (χ2v) is 5.88. The highest BCUT2D eigenvalue weighted by Crippen LogP contribution is 2.36. The molecule has 0 amide bonds. The van der Waals surface area contributed by atoms with Crippen molar-refractivity contribution >= 4 is 5.97 Å². The predicted molar refractivity (Wildman–Crippen MR) is 76.5 cm³/mol. The van der Waals surface area contributed by atoms with Gasteiger partial charge < -0.3 is 25.4 Å². The molecule has 0 atom stereocenters. The van der Waals surface area contributed by atoms with Gasteiger partial charge in [-0.1, -0.05) is 0 Å². The molecule has 0 bridgehead atoms. The minimum Gasteiger partial charge on any atom is -0.504 e. The molecule has 0 spiro atoms. The van der Waals surface area contributed by atoms with Crippen molar-refractivity contribution in [2.45, 2.75) is 32.3 Å². The fourth-order valence-electron chi connectivity index (χ4n) is 2.62. The van der Waals surface area contributed by atoms with Gasteiger partial charge in [-0.2, -0.15) is 0 Å². The Balaban J connectivity index is 2.13. The third kappa shape index (κ3) is 3.39. The van der Waals surface area contributed by atoms with E-state index in [1.807, 2.05) is 13.8 Å². The van der Waals surface area contributed by atoms with Crippen LogP contribution in [0.2, 0.25) is 0 Å². The Kier molecular flexibility index (Phi) is 4.27. The fraction of sp³-hybridized carbons (Fsp3) is 0.533. The van der Waals surface area contributed by atoms with Crippen LogP contribution in [0.5, 0.6) is 17.2 Å². The van der Waals surface area contributed by atoms with Crippen LogP contribution in [0.3, 0.4) is 0 Å². The highest BCUT2D eigenvalue weighted by Gasteiger charge is 2.34. The van der Waals surface area contributed by atoms with Gasteiger partial charge >= 0.3 is 5.97 Å². The number of piperidine rings is 1. The van der Waals surface area contributed by atoms with E-state index in [4.69, 9.17) is 4.74 Å². The third-order valence-electron chi connectivity index (χ3n) is 3.98. The Morgan fingerprint density at radius 2 is 1.71 bits per heavy atom. The van der Waals surface area contributed by atoms with Gasteiger partial charge in [0.1, 0.15) is 5.60 Å². The third-order valence-corrected chi connectivity index (χ3v) is 3.98. The monoisotopic (exact) mass is 295 g/mol.